The molecule has 18 heavy (non-hydrogen) atoms. The van der Waals surface area contributed by atoms with E-state index in [2.05, 4.69) is 0 Å². The number of carbonyl (C=O) groups is 1. The van der Waals surface area contributed by atoms with Crippen molar-refractivity contribution in [1.82, 2.24) is 4.90 Å². The number of carbonyl (C=O) groups excluding carboxylic acids is 1. The van der Waals surface area contributed by atoms with Gasteiger partial charge in [0.2, 0.25) is 0 Å². The highest BCUT2D eigenvalue weighted by Gasteiger charge is 2.33. The van der Waals surface area contributed by atoms with Gasteiger partial charge in [0.25, 0.3) is 5.91 Å². The van der Waals surface area contributed by atoms with Gasteiger partial charge in [-0.3, -0.25) is 4.79 Å². The summed E-state index contributed by atoms with van der Waals surface area (Å²) in [4.78, 5) is 13.4. The molecule has 1 heterocycles. The third-order valence-corrected chi connectivity index (χ3v) is 3.67. The lowest BCUT2D eigenvalue weighted by molar-refractivity contribution is 0.0572. The highest BCUT2D eigenvalue weighted by atomic mass is 35.5. The van der Waals surface area contributed by atoms with Crippen molar-refractivity contribution in [2.75, 3.05) is 18.8 Å². The zero-order chi connectivity index (χ0) is 13.4. The van der Waals surface area contributed by atoms with E-state index in [1.165, 1.54) is 17.0 Å². The first kappa shape index (κ1) is 13.4. The Morgan fingerprint density at radius 2 is 1.83 bits per heavy atom. The van der Waals surface area contributed by atoms with Gasteiger partial charge in [0.1, 0.15) is 0 Å². The molecule has 1 fully saturated rings. The SMILES string of the molecule is Nc1cc(C(=O)N2C[C@@H](O)[C@@H](O)C2)cc(Cl)c1Cl. The smallest absolute Gasteiger partial charge is 0.254 e. The van der Waals surface area contributed by atoms with Crippen molar-refractivity contribution >= 4 is 34.8 Å². The summed E-state index contributed by atoms with van der Waals surface area (Å²) in [6, 6.07) is 2.84. The van der Waals surface area contributed by atoms with Crippen LogP contribution in [0.3, 0.4) is 0 Å². The van der Waals surface area contributed by atoms with Crippen molar-refractivity contribution in [3.63, 3.8) is 0 Å². The number of amides is 1. The minimum atomic E-state index is -0.922. The fourth-order valence-electron chi connectivity index (χ4n) is 1.85. The summed E-state index contributed by atoms with van der Waals surface area (Å²) in [6.07, 6.45) is -1.84. The van der Waals surface area contributed by atoms with Crippen molar-refractivity contribution in [2.45, 2.75) is 12.2 Å². The maximum Gasteiger partial charge on any atom is 0.254 e. The van der Waals surface area contributed by atoms with Gasteiger partial charge in [-0.2, -0.15) is 0 Å². The molecule has 2 atom stereocenters. The van der Waals surface area contributed by atoms with Crippen LogP contribution in [-0.4, -0.2) is 46.3 Å². The molecule has 1 aliphatic heterocycles. The number of anilines is 1. The van der Waals surface area contributed by atoms with E-state index < -0.39 is 12.2 Å². The van der Waals surface area contributed by atoms with Crippen LogP contribution in [0.4, 0.5) is 5.69 Å². The van der Waals surface area contributed by atoms with Gasteiger partial charge in [0.15, 0.2) is 0 Å². The summed E-state index contributed by atoms with van der Waals surface area (Å²) in [5.74, 6) is -0.351. The van der Waals surface area contributed by atoms with Crippen LogP contribution < -0.4 is 5.73 Å². The topological polar surface area (TPSA) is 86.8 Å². The summed E-state index contributed by atoms with van der Waals surface area (Å²) >= 11 is 11.6. The molecular weight excluding hydrogens is 279 g/mol. The lowest BCUT2D eigenvalue weighted by atomic mass is 10.2. The van der Waals surface area contributed by atoms with Gasteiger partial charge in [-0.25, -0.2) is 0 Å². The molecule has 0 unspecified atom stereocenters. The summed E-state index contributed by atoms with van der Waals surface area (Å²) in [7, 11) is 0. The predicted molar refractivity (Wildman–Crippen MR) is 68.8 cm³/mol. The van der Waals surface area contributed by atoms with Crippen LogP contribution in [0.5, 0.6) is 0 Å². The molecule has 5 nitrogen and oxygen atoms in total. The lowest BCUT2D eigenvalue weighted by Crippen LogP contribution is -2.29. The Hall–Kier alpha value is -1.01. The van der Waals surface area contributed by atoms with Gasteiger partial charge in [-0.1, -0.05) is 23.2 Å². The van der Waals surface area contributed by atoms with Crippen molar-refractivity contribution in [1.29, 1.82) is 0 Å². The number of hydrogen-bond acceptors (Lipinski definition) is 4. The third-order valence-electron chi connectivity index (χ3n) is 2.85. The number of aliphatic hydroxyl groups excluding tert-OH is 2. The molecule has 4 N–H and O–H groups in total. The molecule has 7 heteroatoms. The first-order valence-corrected chi connectivity index (χ1v) is 6.05. The fraction of sp³-hybridized carbons (Fsp3) is 0.364. The minimum Gasteiger partial charge on any atom is -0.397 e. The number of nitrogen functional groups attached to an aromatic ring is 1. The molecule has 0 bridgehead atoms. The van der Waals surface area contributed by atoms with Crippen LogP contribution in [0.25, 0.3) is 0 Å². The Kier molecular flexibility index (Phi) is 3.68. The second-order valence-electron chi connectivity index (χ2n) is 4.21. The van der Waals surface area contributed by atoms with E-state index in [-0.39, 0.29) is 40.3 Å². The van der Waals surface area contributed by atoms with Crippen molar-refractivity contribution in [3.8, 4) is 0 Å². The number of nitrogens with two attached hydrogens (primary N) is 1. The molecule has 0 saturated carbocycles. The number of β-amino-alcohol motifs (C(OH)–C–C–N with tert-alkyl or cyclic N) is 2. The molecule has 98 valence electrons. The number of rotatable bonds is 1. The van der Waals surface area contributed by atoms with Gasteiger partial charge in [-0.05, 0) is 12.1 Å². The maximum atomic E-state index is 12.1. The molecule has 2 rings (SSSR count). The molecular formula is C11H12Cl2N2O3. The van der Waals surface area contributed by atoms with Crippen molar-refractivity contribution in [2.24, 2.45) is 0 Å². The molecule has 0 aliphatic carbocycles. The largest absolute Gasteiger partial charge is 0.397 e. The Balaban J connectivity index is 2.25. The number of aliphatic hydroxyl groups is 2. The molecule has 0 aromatic heterocycles. The van der Waals surface area contributed by atoms with Crippen molar-refractivity contribution in [3.05, 3.63) is 27.7 Å². The second-order valence-corrected chi connectivity index (χ2v) is 4.99. The zero-order valence-electron chi connectivity index (χ0n) is 9.31. The average Bonchev–Trinajstić information content (AvgIpc) is 2.65. The van der Waals surface area contributed by atoms with Crippen LogP contribution in [0.2, 0.25) is 10.0 Å². The maximum absolute atomic E-state index is 12.1. The molecule has 1 aliphatic rings. The number of benzene rings is 1. The summed E-state index contributed by atoms with van der Waals surface area (Å²) in [5.41, 5.74) is 6.12. The molecule has 0 spiro atoms. The van der Waals surface area contributed by atoms with Crippen LogP contribution in [-0.2, 0) is 0 Å². The zero-order valence-corrected chi connectivity index (χ0v) is 10.8. The Morgan fingerprint density at radius 3 is 2.33 bits per heavy atom. The summed E-state index contributed by atoms with van der Waals surface area (Å²) in [5, 5.41) is 19.2. The standard InChI is InChI=1S/C11H12Cl2N2O3/c12-6-1-5(2-7(14)10(6)13)11(18)15-3-8(16)9(17)4-15/h1-2,8-9,16-17H,3-4,14H2/t8-,9+. The quantitative estimate of drug-likeness (QED) is 0.666. The van der Waals surface area contributed by atoms with Crippen molar-refractivity contribution < 1.29 is 15.0 Å². The van der Waals surface area contributed by atoms with Gasteiger partial charge in [0.05, 0.1) is 27.9 Å². The van der Waals surface area contributed by atoms with Gasteiger partial charge < -0.3 is 20.8 Å². The predicted octanol–water partition coefficient (Wildman–Crippen LogP) is 0.753. The molecule has 1 aromatic rings. The van der Waals surface area contributed by atoms with E-state index in [9.17, 15) is 15.0 Å². The molecule has 1 amide bonds. The van der Waals surface area contributed by atoms with Crippen LogP contribution in [0, 0.1) is 0 Å². The average molecular weight is 291 g/mol. The Labute approximate surface area is 114 Å². The molecule has 0 radical (unpaired) electrons. The Bertz CT molecular complexity index is 462. The van der Waals surface area contributed by atoms with E-state index in [0.717, 1.165) is 0 Å². The third kappa shape index (κ3) is 2.40. The number of halogens is 2. The summed E-state index contributed by atoms with van der Waals surface area (Å²) in [6.45, 7) is 0.167. The van der Waals surface area contributed by atoms with E-state index >= 15 is 0 Å². The highest BCUT2D eigenvalue weighted by molar-refractivity contribution is 6.43. The van der Waals surface area contributed by atoms with Gasteiger partial charge >= 0.3 is 0 Å². The number of hydrogen-bond donors (Lipinski definition) is 3. The van der Waals surface area contributed by atoms with Crippen LogP contribution in [0.15, 0.2) is 12.1 Å². The van der Waals surface area contributed by atoms with Gasteiger partial charge in [-0.15, -0.1) is 0 Å². The van der Waals surface area contributed by atoms with Crippen LogP contribution >= 0.6 is 23.2 Å². The lowest BCUT2D eigenvalue weighted by Gasteiger charge is -2.16. The highest BCUT2D eigenvalue weighted by Crippen LogP contribution is 2.30. The summed E-state index contributed by atoms with van der Waals surface area (Å²) < 4.78 is 0. The number of nitrogens with zero attached hydrogens (tertiary/aromatic N) is 1. The second kappa shape index (κ2) is 4.93. The first-order valence-electron chi connectivity index (χ1n) is 5.30. The van der Waals surface area contributed by atoms with E-state index in [0.29, 0.717) is 0 Å². The first-order chi connectivity index (χ1) is 8.40. The monoisotopic (exact) mass is 290 g/mol. The van der Waals surface area contributed by atoms with Crippen LogP contribution in [0.1, 0.15) is 10.4 Å². The number of likely N-dealkylation sites (tertiary alicyclic amines) is 1. The van der Waals surface area contributed by atoms with E-state index in [1.807, 2.05) is 0 Å². The molecule has 1 saturated heterocycles. The van der Waals surface area contributed by atoms with E-state index in [4.69, 9.17) is 28.9 Å². The van der Waals surface area contributed by atoms with E-state index in [1.54, 1.807) is 0 Å². The minimum absolute atomic E-state index is 0.0835. The van der Waals surface area contributed by atoms with Gasteiger partial charge in [0, 0.05) is 18.7 Å². The Morgan fingerprint density at radius 1 is 1.28 bits per heavy atom. The fourth-order valence-corrected chi connectivity index (χ4v) is 2.19. The normalized spacial score (nSPS) is 23.4. The molecule has 1 aromatic carbocycles.